The van der Waals surface area contributed by atoms with E-state index in [9.17, 15) is 24.3 Å². The highest BCUT2D eigenvalue weighted by Crippen LogP contribution is 2.38. The number of nitrogens with one attached hydrogen (secondary N) is 1. The van der Waals surface area contributed by atoms with Crippen molar-refractivity contribution in [3.63, 3.8) is 0 Å². The molecule has 1 aliphatic heterocycles. The van der Waals surface area contributed by atoms with Crippen molar-refractivity contribution in [1.82, 2.24) is 15.2 Å². The number of aliphatic hydroxyl groups is 1. The number of hydrogen-bond donors (Lipinski definition) is 4. The molecule has 3 rings (SSSR count). The van der Waals surface area contributed by atoms with E-state index in [1.54, 1.807) is 11.3 Å². The minimum atomic E-state index is -0.848. The van der Waals surface area contributed by atoms with Crippen molar-refractivity contribution in [2.75, 3.05) is 6.54 Å². The Balaban J connectivity index is 1.67. The summed E-state index contributed by atoms with van der Waals surface area (Å²) in [6.45, 7) is 7.92. The Labute approximate surface area is 252 Å². The molecule has 10 nitrogen and oxygen atoms in total. The fourth-order valence-electron chi connectivity index (χ4n) is 5.78. The molecule has 4 atom stereocenters. The second-order valence-corrected chi connectivity index (χ2v) is 13.2. The third-order valence-electron chi connectivity index (χ3n) is 7.95. The fourth-order valence-corrected chi connectivity index (χ4v) is 6.59. The Morgan fingerprint density at radius 3 is 2.33 bits per heavy atom. The van der Waals surface area contributed by atoms with Gasteiger partial charge < -0.3 is 26.8 Å². The molecular weight excluding hydrogens is 554 g/mol. The van der Waals surface area contributed by atoms with E-state index in [0.29, 0.717) is 25.7 Å². The topological polar surface area (TPSA) is 169 Å². The van der Waals surface area contributed by atoms with Crippen LogP contribution in [0.5, 0.6) is 0 Å². The quantitative estimate of drug-likeness (QED) is 0.243. The summed E-state index contributed by atoms with van der Waals surface area (Å²) in [7, 11) is 0. The number of hydrogen-bond acceptors (Lipinski definition) is 7. The molecule has 1 aliphatic rings. The molecular formula is C31H45N5O5S. The lowest BCUT2D eigenvalue weighted by Crippen LogP contribution is -2.52. The highest BCUT2D eigenvalue weighted by Gasteiger charge is 2.47. The molecule has 4 amide bonds. The maximum absolute atomic E-state index is 14.0. The molecule has 0 radical (unpaired) electrons. The molecule has 0 spiro atoms. The minimum Gasteiger partial charge on any atom is -0.391 e. The van der Waals surface area contributed by atoms with Crippen molar-refractivity contribution < 1.29 is 24.3 Å². The first-order chi connectivity index (χ1) is 19.8. The van der Waals surface area contributed by atoms with Gasteiger partial charge in [0.25, 0.3) is 0 Å². The van der Waals surface area contributed by atoms with Crippen molar-refractivity contribution in [2.45, 2.75) is 91.3 Å². The van der Waals surface area contributed by atoms with Crippen LogP contribution >= 0.6 is 11.3 Å². The van der Waals surface area contributed by atoms with Crippen LogP contribution in [-0.4, -0.2) is 57.3 Å². The van der Waals surface area contributed by atoms with Crippen LogP contribution in [0, 0.1) is 24.2 Å². The van der Waals surface area contributed by atoms with Crippen molar-refractivity contribution in [3.8, 4) is 10.4 Å². The number of carbonyl (C=O) groups excluding carboxylic acids is 4. The van der Waals surface area contributed by atoms with Gasteiger partial charge in [0.15, 0.2) is 0 Å². The summed E-state index contributed by atoms with van der Waals surface area (Å²) in [5.41, 5.74) is 15.2. The molecule has 0 saturated carbocycles. The van der Waals surface area contributed by atoms with Gasteiger partial charge in [-0.2, -0.15) is 0 Å². The van der Waals surface area contributed by atoms with Crippen molar-refractivity contribution >= 4 is 35.0 Å². The fraction of sp³-hybridized carbons (Fsp3) is 0.581. The minimum absolute atomic E-state index is 0.0188. The number of nitrogens with zero attached hydrogens (tertiary/aromatic N) is 2. The van der Waals surface area contributed by atoms with Gasteiger partial charge in [-0.3, -0.25) is 19.2 Å². The van der Waals surface area contributed by atoms with Crippen LogP contribution in [0.15, 0.2) is 29.8 Å². The smallest absolute Gasteiger partial charge is 0.243 e. The number of nitrogens with two attached hydrogens (primary N) is 2. The summed E-state index contributed by atoms with van der Waals surface area (Å²) in [4.78, 5) is 57.8. The molecule has 11 heteroatoms. The van der Waals surface area contributed by atoms with Crippen molar-refractivity contribution in [2.24, 2.45) is 28.7 Å². The van der Waals surface area contributed by atoms with Crippen LogP contribution in [0.2, 0.25) is 0 Å². The van der Waals surface area contributed by atoms with E-state index < -0.39 is 35.3 Å². The number of β-amino-alcohol motifs (C(OH)–C–C–N with tert-alkyl or cyclic N) is 1. The molecule has 1 fully saturated rings. The van der Waals surface area contributed by atoms with E-state index in [1.165, 1.54) is 4.90 Å². The second-order valence-electron chi connectivity index (χ2n) is 12.3. The number of unbranched alkanes of at least 4 members (excludes halogenated alkanes) is 3. The SMILES string of the molecule is Cc1ncsc1-c1ccc(CNC(=O)[C@@H]2C[C@@H](O)CN2C(=O)[C@@H](C(CCCCCCC(N)=O)C(N)=O)C(C)(C)C)cc1. The number of primary amides is 2. The van der Waals surface area contributed by atoms with E-state index in [-0.39, 0.29) is 37.2 Å². The molecule has 1 saturated heterocycles. The van der Waals surface area contributed by atoms with Gasteiger partial charge in [-0.15, -0.1) is 11.3 Å². The Morgan fingerprint density at radius 1 is 1.10 bits per heavy atom. The molecule has 2 aromatic rings. The lowest BCUT2D eigenvalue weighted by molar-refractivity contribution is -0.149. The number of aromatic nitrogens is 1. The number of thiazole rings is 1. The zero-order valence-electron chi connectivity index (χ0n) is 25.1. The van der Waals surface area contributed by atoms with E-state index in [2.05, 4.69) is 10.3 Å². The maximum Gasteiger partial charge on any atom is 0.243 e. The summed E-state index contributed by atoms with van der Waals surface area (Å²) in [5, 5.41) is 13.4. The largest absolute Gasteiger partial charge is 0.391 e. The van der Waals surface area contributed by atoms with Gasteiger partial charge in [-0.05, 0) is 36.3 Å². The lowest BCUT2D eigenvalue weighted by atomic mass is 9.70. The average Bonchev–Trinajstić information content (AvgIpc) is 3.52. The van der Waals surface area contributed by atoms with E-state index in [4.69, 9.17) is 11.5 Å². The lowest BCUT2D eigenvalue weighted by Gasteiger charge is -2.38. The molecule has 0 bridgehead atoms. The third-order valence-corrected chi connectivity index (χ3v) is 8.93. The number of amides is 4. The van der Waals surface area contributed by atoms with Crippen molar-refractivity contribution in [1.29, 1.82) is 0 Å². The van der Waals surface area contributed by atoms with Crippen LogP contribution in [0.1, 0.15) is 77.0 Å². The van der Waals surface area contributed by atoms with E-state index in [1.807, 2.05) is 57.5 Å². The molecule has 230 valence electrons. The molecule has 1 unspecified atom stereocenters. The Morgan fingerprint density at radius 2 is 1.76 bits per heavy atom. The average molecular weight is 600 g/mol. The first-order valence-corrected chi connectivity index (χ1v) is 15.5. The number of likely N-dealkylation sites (tertiary alicyclic amines) is 1. The summed E-state index contributed by atoms with van der Waals surface area (Å²) >= 11 is 1.58. The number of rotatable bonds is 14. The second kappa shape index (κ2) is 14.7. The highest BCUT2D eigenvalue weighted by molar-refractivity contribution is 7.13. The molecule has 6 N–H and O–H groups in total. The number of aliphatic hydroxyl groups excluding tert-OH is 1. The normalized spacial score (nSPS) is 18.5. The molecule has 0 aliphatic carbocycles. The van der Waals surface area contributed by atoms with Crippen LogP contribution in [-0.2, 0) is 25.7 Å². The van der Waals surface area contributed by atoms with E-state index in [0.717, 1.165) is 34.5 Å². The van der Waals surface area contributed by atoms with Crippen LogP contribution < -0.4 is 16.8 Å². The monoisotopic (exact) mass is 599 g/mol. The van der Waals surface area contributed by atoms with Crippen LogP contribution in [0.3, 0.4) is 0 Å². The molecule has 42 heavy (non-hydrogen) atoms. The molecule has 2 heterocycles. The number of aryl methyl sites for hydroxylation is 1. The van der Waals surface area contributed by atoms with Gasteiger partial charge in [-0.25, -0.2) is 4.98 Å². The van der Waals surface area contributed by atoms with Gasteiger partial charge in [0.1, 0.15) is 6.04 Å². The zero-order valence-corrected chi connectivity index (χ0v) is 25.9. The van der Waals surface area contributed by atoms with Gasteiger partial charge in [-0.1, -0.05) is 64.3 Å². The van der Waals surface area contributed by atoms with Gasteiger partial charge in [0.05, 0.1) is 28.1 Å². The predicted molar refractivity (Wildman–Crippen MR) is 163 cm³/mol. The van der Waals surface area contributed by atoms with E-state index >= 15 is 0 Å². The van der Waals surface area contributed by atoms with Gasteiger partial charge in [0.2, 0.25) is 23.6 Å². The summed E-state index contributed by atoms with van der Waals surface area (Å²) in [5.74, 6) is -3.08. The van der Waals surface area contributed by atoms with Gasteiger partial charge >= 0.3 is 0 Å². The first-order valence-electron chi connectivity index (χ1n) is 14.6. The third kappa shape index (κ3) is 8.84. The number of benzene rings is 1. The van der Waals surface area contributed by atoms with Gasteiger partial charge in [0, 0.05) is 31.8 Å². The first kappa shape index (κ1) is 33.2. The Hall–Kier alpha value is -3.31. The molecule has 1 aromatic carbocycles. The highest BCUT2D eigenvalue weighted by atomic mass is 32.1. The zero-order chi connectivity index (χ0) is 31.0. The number of carbonyl (C=O) groups is 4. The molecule has 1 aromatic heterocycles. The van der Waals surface area contributed by atoms with Crippen molar-refractivity contribution in [3.05, 3.63) is 41.0 Å². The standard InChI is InChI=1S/C31H45N5O5S/c1-19-27(42-18-35-19)21-13-11-20(12-14-21)16-34-29(40)24-15-22(37)17-36(24)30(41)26(31(2,3)4)23(28(33)39)9-7-5-6-8-10-25(32)38/h11-14,18,22-24,26,37H,5-10,15-17H2,1-4H3,(H2,32,38)(H2,33,39)(H,34,40)/t22-,23?,24+,26-/m1/s1. The van der Waals surface area contributed by atoms with Crippen LogP contribution in [0.4, 0.5) is 0 Å². The Kier molecular flexibility index (Phi) is 11.6. The summed E-state index contributed by atoms with van der Waals surface area (Å²) in [6, 6.07) is 7.03. The summed E-state index contributed by atoms with van der Waals surface area (Å²) in [6.07, 6.45) is 2.93. The maximum atomic E-state index is 14.0. The Bertz CT molecular complexity index is 1240. The summed E-state index contributed by atoms with van der Waals surface area (Å²) < 4.78 is 0. The van der Waals surface area contributed by atoms with Crippen LogP contribution in [0.25, 0.3) is 10.4 Å². The predicted octanol–water partition coefficient (Wildman–Crippen LogP) is 3.29.